The van der Waals surface area contributed by atoms with Crippen LogP contribution in [0, 0.1) is 0 Å². The number of hydrogen-bond acceptors (Lipinski definition) is 5. The summed E-state index contributed by atoms with van der Waals surface area (Å²) in [5.41, 5.74) is 3.69. The zero-order chi connectivity index (χ0) is 17.4. The van der Waals surface area contributed by atoms with E-state index >= 15 is 0 Å². The molecule has 0 spiro atoms. The van der Waals surface area contributed by atoms with Crippen LogP contribution in [0.1, 0.15) is 17.0 Å². The minimum atomic E-state index is -0.482. The number of anilines is 2. The second-order valence-corrected chi connectivity index (χ2v) is 6.29. The number of esters is 1. The Hall–Kier alpha value is -2.69. The molecule has 1 atom stereocenters. The number of nitrogens with zero attached hydrogens (tertiary/aromatic N) is 2. The largest absolute Gasteiger partial charge is 0.468 e. The summed E-state index contributed by atoms with van der Waals surface area (Å²) in [5.74, 6) is 0.625. The van der Waals surface area contributed by atoms with Crippen molar-refractivity contribution in [1.82, 2.24) is 0 Å². The van der Waals surface area contributed by atoms with Crippen molar-refractivity contribution in [1.29, 1.82) is 0 Å². The molecular formula is C19H22N2O3. The van der Waals surface area contributed by atoms with Gasteiger partial charge >= 0.3 is 5.97 Å². The van der Waals surface area contributed by atoms with E-state index in [4.69, 9.17) is 9.47 Å². The topological polar surface area (TPSA) is 42.0 Å². The van der Waals surface area contributed by atoms with Gasteiger partial charge in [0.2, 0.25) is 0 Å². The van der Waals surface area contributed by atoms with E-state index in [1.54, 1.807) is 0 Å². The molecule has 0 N–H and O–H groups in total. The zero-order valence-corrected chi connectivity index (χ0v) is 14.7. The molecule has 0 amide bonds. The summed E-state index contributed by atoms with van der Waals surface area (Å²) >= 11 is 0. The Morgan fingerprint density at radius 3 is 2.17 bits per heavy atom. The predicted octanol–water partition coefficient (Wildman–Crippen LogP) is 3.23. The normalized spacial score (nSPS) is 15.0. The third-order valence-corrected chi connectivity index (χ3v) is 4.30. The Bertz CT molecular complexity index is 784. The first-order valence-corrected chi connectivity index (χ1v) is 7.80. The summed E-state index contributed by atoms with van der Waals surface area (Å²) in [6.45, 7) is 0. The van der Waals surface area contributed by atoms with Crippen molar-refractivity contribution in [2.24, 2.45) is 0 Å². The lowest BCUT2D eigenvalue weighted by atomic mass is 9.87. The van der Waals surface area contributed by atoms with Crippen LogP contribution in [0.15, 0.2) is 36.4 Å². The maximum Gasteiger partial charge on any atom is 0.317 e. The molecule has 0 aliphatic carbocycles. The summed E-state index contributed by atoms with van der Waals surface area (Å²) < 4.78 is 11.1. The molecule has 0 aromatic heterocycles. The molecule has 2 aromatic carbocycles. The Balaban J connectivity index is 2.16. The van der Waals surface area contributed by atoms with Crippen molar-refractivity contribution >= 4 is 17.3 Å². The van der Waals surface area contributed by atoms with Gasteiger partial charge in [-0.1, -0.05) is 6.07 Å². The van der Waals surface area contributed by atoms with Gasteiger partial charge < -0.3 is 19.3 Å². The first-order valence-electron chi connectivity index (χ1n) is 7.80. The summed E-state index contributed by atoms with van der Waals surface area (Å²) in [4.78, 5) is 16.5. The van der Waals surface area contributed by atoms with Crippen LogP contribution in [0.3, 0.4) is 0 Å². The van der Waals surface area contributed by atoms with Crippen LogP contribution in [0.2, 0.25) is 0 Å². The molecule has 126 valence electrons. The molecule has 1 heterocycles. The molecule has 0 bridgehead atoms. The number of benzene rings is 2. The first-order chi connectivity index (χ1) is 11.4. The van der Waals surface area contributed by atoms with Gasteiger partial charge in [-0.2, -0.15) is 0 Å². The molecule has 3 rings (SSSR count). The summed E-state index contributed by atoms with van der Waals surface area (Å²) in [6, 6.07) is 11.8. The van der Waals surface area contributed by atoms with Crippen LogP contribution < -0.4 is 14.5 Å². The molecule has 5 heteroatoms. The molecule has 24 heavy (non-hydrogen) atoms. The van der Waals surface area contributed by atoms with Crippen LogP contribution in [0.25, 0.3) is 0 Å². The van der Waals surface area contributed by atoms with Crippen LogP contribution in [0.4, 0.5) is 11.4 Å². The van der Waals surface area contributed by atoms with Crippen LogP contribution in [-0.2, 0) is 9.53 Å². The highest BCUT2D eigenvalue weighted by Gasteiger charge is 2.34. The van der Waals surface area contributed by atoms with E-state index in [9.17, 15) is 4.79 Å². The van der Waals surface area contributed by atoms with E-state index in [0.29, 0.717) is 11.5 Å². The van der Waals surface area contributed by atoms with E-state index in [0.717, 1.165) is 22.5 Å². The molecule has 0 saturated heterocycles. The minimum absolute atomic E-state index is 0.283. The fourth-order valence-electron chi connectivity index (χ4n) is 2.92. The van der Waals surface area contributed by atoms with Gasteiger partial charge in [0.1, 0.15) is 17.4 Å². The van der Waals surface area contributed by atoms with E-state index in [1.165, 1.54) is 7.11 Å². The number of methoxy groups -OCH3 is 1. The highest BCUT2D eigenvalue weighted by atomic mass is 16.5. The first kappa shape index (κ1) is 16.2. The van der Waals surface area contributed by atoms with E-state index in [1.807, 2.05) is 74.4 Å². The molecule has 5 nitrogen and oxygen atoms in total. The second kappa shape index (κ2) is 6.07. The van der Waals surface area contributed by atoms with E-state index in [2.05, 4.69) is 0 Å². The zero-order valence-electron chi connectivity index (χ0n) is 14.7. The van der Waals surface area contributed by atoms with E-state index < -0.39 is 5.92 Å². The van der Waals surface area contributed by atoms with Crippen LogP contribution in [0.5, 0.6) is 11.5 Å². The Morgan fingerprint density at radius 1 is 0.917 bits per heavy atom. The minimum Gasteiger partial charge on any atom is -0.468 e. The van der Waals surface area contributed by atoms with Crippen molar-refractivity contribution in [3.63, 3.8) is 0 Å². The van der Waals surface area contributed by atoms with Crippen molar-refractivity contribution in [3.05, 3.63) is 47.5 Å². The van der Waals surface area contributed by atoms with Gasteiger partial charge in [0.15, 0.2) is 0 Å². The number of carbonyl (C=O) groups is 1. The number of rotatable bonds is 3. The van der Waals surface area contributed by atoms with Gasteiger partial charge in [-0.05, 0) is 24.3 Å². The average Bonchev–Trinajstić information content (AvgIpc) is 2.57. The molecule has 2 aromatic rings. The lowest BCUT2D eigenvalue weighted by Crippen LogP contribution is -2.21. The Morgan fingerprint density at radius 2 is 1.54 bits per heavy atom. The quantitative estimate of drug-likeness (QED) is 0.810. The van der Waals surface area contributed by atoms with Gasteiger partial charge in [0.25, 0.3) is 0 Å². The number of carbonyl (C=O) groups excluding carboxylic acids is 1. The summed E-state index contributed by atoms with van der Waals surface area (Å²) in [5, 5.41) is 0. The predicted molar refractivity (Wildman–Crippen MR) is 95.5 cm³/mol. The maximum atomic E-state index is 12.5. The number of fused-ring (bicyclic) bond motifs is 2. The van der Waals surface area contributed by atoms with E-state index in [-0.39, 0.29) is 5.97 Å². The van der Waals surface area contributed by atoms with Gasteiger partial charge in [0.05, 0.1) is 7.11 Å². The third kappa shape index (κ3) is 2.66. The van der Waals surface area contributed by atoms with Crippen molar-refractivity contribution in [2.45, 2.75) is 5.92 Å². The molecule has 0 saturated carbocycles. The van der Waals surface area contributed by atoms with Crippen molar-refractivity contribution in [3.8, 4) is 11.5 Å². The van der Waals surface area contributed by atoms with Crippen molar-refractivity contribution < 1.29 is 14.3 Å². The highest BCUT2D eigenvalue weighted by molar-refractivity contribution is 5.86. The third-order valence-electron chi connectivity index (χ3n) is 4.30. The molecule has 0 radical (unpaired) electrons. The van der Waals surface area contributed by atoms with Crippen LogP contribution >= 0.6 is 0 Å². The molecule has 0 fully saturated rings. The lowest BCUT2D eigenvalue weighted by Gasteiger charge is -2.29. The van der Waals surface area contributed by atoms with Gasteiger partial charge in [0, 0.05) is 56.8 Å². The van der Waals surface area contributed by atoms with Gasteiger partial charge in [-0.3, -0.25) is 4.79 Å². The fourth-order valence-corrected chi connectivity index (χ4v) is 2.92. The average molecular weight is 326 g/mol. The lowest BCUT2D eigenvalue weighted by molar-refractivity contribution is -0.141. The molecule has 1 aliphatic rings. The molecule has 1 aliphatic heterocycles. The maximum absolute atomic E-state index is 12.5. The fraction of sp³-hybridized carbons (Fsp3) is 0.316. The monoisotopic (exact) mass is 326 g/mol. The molecule has 1 unspecified atom stereocenters. The highest BCUT2D eigenvalue weighted by Crippen LogP contribution is 2.46. The smallest absolute Gasteiger partial charge is 0.317 e. The Kier molecular flexibility index (Phi) is 4.09. The standard InChI is InChI=1S/C19H22N2O3/c1-20(2)12-7-9-16-15(10-12)18(19(22)23-5)14-8-6-13(21(3)4)11-17(14)24-16/h6-11,18H,1-5H3. The van der Waals surface area contributed by atoms with Gasteiger partial charge in [-0.15, -0.1) is 0 Å². The summed E-state index contributed by atoms with van der Waals surface area (Å²) in [6.07, 6.45) is 0. The summed E-state index contributed by atoms with van der Waals surface area (Å²) in [7, 11) is 9.30. The number of ether oxygens (including phenoxy) is 2. The number of hydrogen-bond donors (Lipinski definition) is 0. The van der Waals surface area contributed by atoms with Gasteiger partial charge in [-0.25, -0.2) is 0 Å². The molecular weight excluding hydrogens is 304 g/mol. The second-order valence-electron chi connectivity index (χ2n) is 6.29. The van der Waals surface area contributed by atoms with Crippen LogP contribution in [-0.4, -0.2) is 41.3 Å². The Labute approximate surface area is 142 Å². The SMILES string of the molecule is COC(=O)C1c2ccc(N(C)C)cc2Oc2ccc(N(C)C)cc21. The van der Waals surface area contributed by atoms with Crippen molar-refractivity contribution in [2.75, 3.05) is 45.1 Å².